The lowest BCUT2D eigenvalue weighted by Crippen LogP contribution is -2.30. The zero-order valence-electron chi connectivity index (χ0n) is 11.3. The second-order valence-electron chi connectivity index (χ2n) is 4.45. The zero-order chi connectivity index (χ0) is 15.1. The summed E-state index contributed by atoms with van der Waals surface area (Å²) in [5.74, 6) is -0.283. The Morgan fingerprint density at radius 3 is 2.62 bits per heavy atom. The Labute approximate surface area is 122 Å². The molecule has 4 nitrogen and oxygen atoms in total. The third-order valence-electron chi connectivity index (χ3n) is 2.86. The molecule has 0 unspecified atom stereocenters. The SMILES string of the molecule is N#Cc1ccc(NC(=O)NCCc2cccc(F)c2)cc1. The minimum atomic E-state index is -0.337. The van der Waals surface area contributed by atoms with E-state index >= 15 is 0 Å². The highest BCUT2D eigenvalue weighted by Gasteiger charge is 2.02. The van der Waals surface area contributed by atoms with E-state index in [2.05, 4.69) is 10.6 Å². The fraction of sp³-hybridized carbons (Fsp3) is 0.125. The molecule has 0 aliphatic carbocycles. The largest absolute Gasteiger partial charge is 0.338 e. The molecule has 2 aromatic rings. The maximum absolute atomic E-state index is 13.0. The number of carbonyl (C=O) groups excluding carboxylic acids is 1. The molecule has 0 saturated heterocycles. The molecule has 2 rings (SSSR count). The third kappa shape index (κ3) is 4.62. The molecule has 2 amide bonds. The molecule has 0 saturated carbocycles. The number of halogens is 1. The summed E-state index contributed by atoms with van der Waals surface area (Å²) in [5, 5.41) is 14.0. The zero-order valence-corrected chi connectivity index (χ0v) is 11.3. The minimum absolute atomic E-state index is 0.283. The summed E-state index contributed by atoms with van der Waals surface area (Å²) in [7, 11) is 0. The molecule has 0 heterocycles. The predicted molar refractivity (Wildman–Crippen MR) is 78.3 cm³/mol. The first-order valence-electron chi connectivity index (χ1n) is 6.47. The van der Waals surface area contributed by atoms with Crippen LogP contribution in [0.2, 0.25) is 0 Å². The molecule has 0 radical (unpaired) electrons. The molecule has 0 aliphatic heterocycles. The maximum atomic E-state index is 13.0. The van der Waals surface area contributed by atoms with E-state index in [1.807, 2.05) is 12.1 Å². The number of hydrogen-bond acceptors (Lipinski definition) is 2. The van der Waals surface area contributed by atoms with Crippen LogP contribution in [0.5, 0.6) is 0 Å². The van der Waals surface area contributed by atoms with Crippen molar-refractivity contribution in [3.8, 4) is 6.07 Å². The number of nitrogens with one attached hydrogen (secondary N) is 2. The standard InChI is InChI=1S/C16H14FN3O/c17-14-3-1-2-12(10-14)8-9-19-16(21)20-15-6-4-13(11-18)5-7-15/h1-7,10H,8-9H2,(H2,19,20,21). The van der Waals surface area contributed by atoms with Crippen LogP contribution in [0, 0.1) is 17.1 Å². The van der Waals surface area contributed by atoms with Gasteiger partial charge in [0.2, 0.25) is 0 Å². The van der Waals surface area contributed by atoms with E-state index in [1.54, 1.807) is 30.3 Å². The molecular weight excluding hydrogens is 269 g/mol. The number of carbonyl (C=O) groups is 1. The van der Waals surface area contributed by atoms with Crippen molar-refractivity contribution in [2.24, 2.45) is 0 Å². The smallest absolute Gasteiger partial charge is 0.319 e. The summed E-state index contributed by atoms with van der Waals surface area (Å²) in [6, 6.07) is 14.5. The van der Waals surface area contributed by atoms with Crippen molar-refractivity contribution in [3.05, 3.63) is 65.5 Å². The Balaban J connectivity index is 1.78. The fourth-order valence-electron chi connectivity index (χ4n) is 1.82. The van der Waals surface area contributed by atoms with Crippen LogP contribution in [0.4, 0.5) is 14.9 Å². The first-order valence-corrected chi connectivity index (χ1v) is 6.47. The molecule has 21 heavy (non-hydrogen) atoms. The van der Waals surface area contributed by atoms with Gasteiger partial charge in [0.1, 0.15) is 5.82 Å². The average molecular weight is 283 g/mol. The lowest BCUT2D eigenvalue weighted by Gasteiger charge is -2.07. The van der Waals surface area contributed by atoms with Gasteiger partial charge in [0.05, 0.1) is 11.6 Å². The molecular formula is C16H14FN3O. The van der Waals surface area contributed by atoms with Crippen molar-refractivity contribution in [2.75, 3.05) is 11.9 Å². The van der Waals surface area contributed by atoms with E-state index in [9.17, 15) is 9.18 Å². The fourth-order valence-corrected chi connectivity index (χ4v) is 1.82. The molecule has 106 valence electrons. The molecule has 0 aromatic heterocycles. The van der Waals surface area contributed by atoms with Crippen LogP contribution >= 0.6 is 0 Å². The van der Waals surface area contributed by atoms with Crippen molar-refractivity contribution in [1.29, 1.82) is 5.26 Å². The number of hydrogen-bond donors (Lipinski definition) is 2. The van der Waals surface area contributed by atoms with Crippen molar-refractivity contribution < 1.29 is 9.18 Å². The first-order chi connectivity index (χ1) is 10.2. The van der Waals surface area contributed by atoms with Gasteiger partial charge in [-0.1, -0.05) is 12.1 Å². The van der Waals surface area contributed by atoms with Crippen LogP contribution < -0.4 is 10.6 Å². The first kappa shape index (κ1) is 14.5. The van der Waals surface area contributed by atoms with Gasteiger partial charge in [0.25, 0.3) is 0 Å². The molecule has 0 spiro atoms. The molecule has 0 atom stereocenters. The second kappa shape index (κ2) is 7.06. The topological polar surface area (TPSA) is 64.9 Å². The predicted octanol–water partition coefficient (Wildman–Crippen LogP) is 3.06. The lowest BCUT2D eigenvalue weighted by molar-refractivity contribution is 0.252. The van der Waals surface area contributed by atoms with Crippen LogP contribution in [-0.4, -0.2) is 12.6 Å². The lowest BCUT2D eigenvalue weighted by atomic mass is 10.1. The third-order valence-corrected chi connectivity index (χ3v) is 2.86. The van der Waals surface area contributed by atoms with Gasteiger partial charge in [-0.25, -0.2) is 9.18 Å². The molecule has 5 heteroatoms. The Morgan fingerprint density at radius 1 is 1.19 bits per heavy atom. The van der Waals surface area contributed by atoms with Gasteiger partial charge in [-0.05, 0) is 48.4 Å². The summed E-state index contributed by atoms with van der Waals surface area (Å²) < 4.78 is 13.0. The van der Waals surface area contributed by atoms with Crippen molar-refractivity contribution in [1.82, 2.24) is 5.32 Å². The van der Waals surface area contributed by atoms with E-state index in [0.717, 1.165) is 5.56 Å². The van der Waals surface area contributed by atoms with Gasteiger partial charge in [0, 0.05) is 12.2 Å². The summed E-state index contributed by atoms with van der Waals surface area (Å²) in [6.07, 6.45) is 0.554. The van der Waals surface area contributed by atoms with Crippen LogP contribution in [0.25, 0.3) is 0 Å². The number of nitrogens with zero attached hydrogens (tertiary/aromatic N) is 1. The quantitative estimate of drug-likeness (QED) is 0.905. The van der Waals surface area contributed by atoms with Gasteiger partial charge in [-0.15, -0.1) is 0 Å². The van der Waals surface area contributed by atoms with E-state index in [4.69, 9.17) is 5.26 Å². The number of benzene rings is 2. The Morgan fingerprint density at radius 2 is 1.95 bits per heavy atom. The van der Waals surface area contributed by atoms with E-state index in [1.165, 1.54) is 12.1 Å². The van der Waals surface area contributed by atoms with Crippen LogP contribution in [-0.2, 0) is 6.42 Å². The molecule has 0 aliphatic rings. The van der Waals surface area contributed by atoms with Crippen LogP contribution in [0.1, 0.15) is 11.1 Å². The number of urea groups is 1. The van der Waals surface area contributed by atoms with E-state index < -0.39 is 0 Å². The van der Waals surface area contributed by atoms with Crippen LogP contribution in [0.3, 0.4) is 0 Å². The van der Waals surface area contributed by atoms with E-state index in [-0.39, 0.29) is 11.8 Å². The van der Waals surface area contributed by atoms with E-state index in [0.29, 0.717) is 24.2 Å². The number of nitriles is 1. The van der Waals surface area contributed by atoms with Crippen LogP contribution in [0.15, 0.2) is 48.5 Å². The van der Waals surface area contributed by atoms with Gasteiger partial charge in [0.15, 0.2) is 0 Å². The van der Waals surface area contributed by atoms with Gasteiger partial charge in [-0.2, -0.15) is 5.26 Å². The second-order valence-corrected chi connectivity index (χ2v) is 4.45. The summed E-state index contributed by atoms with van der Waals surface area (Å²) >= 11 is 0. The van der Waals surface area contributed by atoms with Crippen molar-refractivity contribution in [2.45, 2.75) is 6.42 Å². The highest BCUT2D eigenvalue weighted by molar-refractivity contribution is 5.89. The maximum Gasteiger partial charge on any atom is 0.319 e. The number of amides is 2. The molecule has 2 aromatic carbocycles. The Hall–Kier alpha value is -2.87. The summed E-state index contributed by atoms with van der Waals surface area (Å²) in [6.45, 7) is 0.408. The number of anilines is 1. The van der Waals surface area contributed by atoms with Crippen molar-refractivity contribution >= 4 is 11.7 Å². The summed E-state index contributed by atoms with van der Waals surface area (Å²) in [4.78, 5) is 11.7. The highest BCUT2D eigenvalue weighted by Crippen LogP contribution is 2.08. The average Bonchev–Trinajstić information content (AvgIpc) is 2.48. The summed E-state index contributed by atoms with van der Waals surface area (Å²) in [5.41, 5.74) is 1.97. The minimum Gasteiger partial charge on any atom is -0.338 e. The number of rotatable bonds is 4. The Bertz CT molecular complexity index is 662. The molecule has 0 bridgehead atoms. The Kier molecular flexibility index (Phi) is 4.89. The molecule has 0 fully saturated rings. The highest BCUT2D eigenvalue weighted by atomic mass is 19.1. The molecule has 2 N–H and O–H groups in total. The van der Waals surface area contributed by atoms with Gasteiger partial charge >= 0.3 is 6.03 Å². The van der Waals surface area contributed by atoms with Gasteiger partial charge < -0.3 is 10.6 Å². The monoisotopic (exact) mass is 283 g/mol. The van der Waals surface area contributed by atoms with Crippen molar-refractivity contribution in [3.63, 3.8) is 0 Å². The van der Waals surface area contributed by atoms with Gasteiger partial charge in [-0.3, -0.25) is 0 Å². The normalized spacial score (nSPS) is 9.71.